The summed E-state index contributed by atoms with van der Waals surface area (Å²) in [5, 5.41) is 22.5. The number of benzene rings is 1. The van der Waals surface area contributed by atoms with Gasteiger partial charge in [0.1, 0.15) is 12.6 Å². The first kappa shape index (κ1) is 21.6. The molecule has 1 aromatic carbocycles. The third kappa shape index (κ3) is 8.13. The SMILES string of the molecule is CC[C@H](NC(=O)OCc1ccccc1)[C@H](O)CC(=O)C(=O)[O-].[Na+]. The van der Waals surface area contributed by atoms with Crippen molar-refractivity contribution in [1.82, 2.24) is 5.32 Å². The van der Waals surface area contributed by atoms with E-state index in [0.29, 0.717) is 6.42 Å². The fourth-order valence-electron chi connectivity index (χ4n) is 1.80. The predicted molar refractivity (Wildman–Crippen MR) is 74.5 cm³/mol. The van der Waals surface area contributed by atoms with E-state index in [1.807, 2.05) is 6.07 Å². The number of alkyl carbamates (subject to hydrolysis) is 1. The Hall–Kier alpha value is -1.41. The number of nitrogens with one attached hydrogen (secondary N) is 1. The Bertz CT molecular complexity index is 522. The number of aliphatic hydroxyl groups excluding tert-OH is 1. The molecule has 7 nitrogen and oxygen atoms in total. The molecular formula is C15H18NNaO6. The molecule has 0 fully saturated rings. The van der Waals surface area contributed by atoms with Crippen LogP contribution in [0.3, 0.4) is 0 Å². The minimum atomic E-state index is -1.86. The van der Waals surface area contributed by atoms with Crippen LogP contribution in [0, 0.1) is 0 Å². The summed E-state index contributed by atoms with van der Waals surface area (Å²) in [5.41, 5.74) is 0.804. The van der Waals surface area contributed by atoms with Gasteiger partial charge in [-0.3, -0.25) is 4.79 Å². The van der Waals surface area contributed by atoms with E-state index < -0.39 is 36.4 Å². The Labute approximate surface area is 156 Å². The number of aliphatic carboxylic acids is 1. The maximum atomic E-state index is 11.7. The van der Waals surface area contributed by atoms with Gasteiger partial charge in [0, 0.05) is 6.42 Å². The second-order valence-electron chi connectivity index (χ2n) is 4.70. The number of hydrogen-bond acceptors (Lipinski definition) is 6. The number of carbonyl (C=O) groups excluding carboxylic acids is 3. The van der Waals surface area contributed by atoms with Crippen molar-refractivity contribution in [3.63, 3.8) is 0 Å². The molecule has 1 aromatic rings. The van der Waals surface area contributed by atoms with Crippen LogP contribution in [-0.2, 0) is 20.9 Å². The molecule has 0 heterocycles. The number of aliphatic hydroxyl groups is 1. The molecule has 2 atom stereocenters. The van der Waals surface area contributed by atoms with Crippen molar-refractivity contribution in [3.05, 3.63) is 35.9 Å². The number of carboxylic acids is 1. The van der Waals surface area contributed by atoms with Gasteiger partial charge in [-0.25, -0.2) is 4.79 Å². The third-order valence-electron chi connectivity index (χ3n) is 3.04. The number of ketones is 1. The molecule has 0 aliphatic carbocycles. The molecule has 120 valence electrons. The number of rotatable bonds is 8. The van der Waals surface area contributed by atoms with Crippen LogP contribution < -0.4 is 40.0 Å². The molecule has 0 saturated heterocycles. The fourth-order valence-corrected chi connectivity index (χ4v) is 1.80. The van der Waals surface area contributed by atoms with Crippen LogP contribution in [0.4, 0.5) is 4.79 Å². The van der Waals surface area contributed by atoms with E-state index in [1.165, 1.54) is 0 Å². The summed E-state index contributed by atoms with van der Waals surface area (Å²) in [4.78, 5) is 33.0. The van der Waals surface area contributed by atoms with Crippen molar-refractivity contribution in [2.24, 2.45) is 0 Å². The van der Waals surface area contributed by atoms with Crippen LogP contribution in [-0.4, -0.2) is 35.1 Å². The Kier molecular flexibility index (Phi) is 10.5. The average Bonchev–Trinajstić information content (AvgIpc) is 2.51. The van der Waals surface area contributed by atoms with Crippen molar-refractivity contribution in [2.75, 3.05) is 0 Å². The summed E-state index contributed by atoms with van der Waals surface area (Å²) in [6.45, 7) is 1.74. The maximum Gasteiger partial charge on any atom is 1.00 e. The molecule has 0 unspecified atom stereocenters. The van der Waals surface area contributed by atoms with E-state index in [2.05, 4.69) is 5.32 Å². The summed E-state index contributed by atoms with van der Waals surface area (Å²) in [6.07, 6.45) is -2.39. The van der Waals surface area contributed by atoms with E-state index in [0.717, 1.165) is 5.56 Å². The van der Waals surface area contributed by atoms with Crippen LogP contribution in [0.5, 0.6) is 0 Å². The second-order valence-corrected chi connectivity index (χ2v) is 4.70. The van der Waals surface area contributed by atoms with Gasteiger partial charge >= 0.3 is 35.7 Å². The van der Waals surface area contributed by atoms with Crippen LogP contribution in [0.15, 0.2) is 30.3 Å². The van der Waals surface area contributed by atoms with Gasteiger partial charge in [0.2, 0.25) is 0 Å². The van der Waals surface area contributed by atoms with Crippen molar-refractivity contribution in [1.29, 1.82) is 0 Å². The van der Waals surface area contributed by atoms with Crippen LogP contribution in [0.2, 0.25) is 0 Å². The standard InChI is InChI=1S/C15H19NO6.Na/c1-2-11(12(17)8-13(18)14(19)20)16-15(21)22-9-10-6-4-3-5-7-10;/h3-7,11-12,17H,2,8-9H2,1H3,(H,16,21)(H,19,20);/q;+1/p-1/t11-,12+;/m0./s1. The fraction of sp³-hybridized carbons (Fsp3) is 0.400. The number of carbonyl (C=O) groups is 3. The Morgan fingerprint density at radius 2 is 1.87 bits per heavy atom. The molecule has 0 aliphatic heterocycles. The first-order valence-corrected chi connectivity index (χ1v) is 6.83. The number of hydrogen-bond donors (Lipinski definition) is 2. The zero-order valence-corrected chi connectivity index (χ0v) is 15.2. The monoisotopic (exact) mass is 331 g/mol. The number of carboxylic acid groups (broad SMARTS) is 1. The van der Waals surface area contributed by atoms with Gasteiger partial charge in [0.05, 0.1) is 12.1 Å². The average molecular weight is 331 g/mol. The molecule has 0 radical (unpaired) electrons. The van der Waals surface area contributed by atoms with Crippen LogP contribution in [0.25, 0.3) is 0 Å². The van der Waals surface area contributed by atoms with Gasteiger partial charge in [-0.05, 0) is 12.0 Å². The van der Waals surface area contributed by atoms with E-state index in [1.54, 1.807) is 31.2 Å². The zero-order chi connectivity index (χ0) is 16.5. The summed E-state index contributed by atoms with van der Waals surface area (Å²) >= 11 is 0. The smallest absolute Gasteiger partial charge is 0.542 e. The third-order valence-corrected chi connectivity index (χ3v) is 3.04. The van der Waals surface area contributed by atoms with Gasteiger partial charge < -0.3 is 25.1 Å². The second kappa shape index (κ2) is 11.2. The molecule has 8 heteroatoms. The van der Waals surface area contributed by atoms with E-state index in [9.17, 15) is 24.6 Å². The van der Waals surface area contributed by atoms with Crippen LogP contribution in [0.1, 0.15) is 25.3 Å². The van der Waals surface area contributed by atoms with Crippen molar-refractivity contribution in [3.8, 4) is 0 Å². The van der Waals surface area contributed by atoms with Crippen molar-refractivity contribution >= 4 is 17.8 Å². The maximum absolute atomic E-state index is 11.7. The molecule has 1 amide bonds. The van der Waals surface area contributed by atoms with Gasteiger partial charge in [0.25, 0.3) is 0 Å². The molecule has 0 aliphatic rings. The number of amides is 1. The summed E-state index contributed by atoms with van der Waals surface area (Å²) < 4.78 is 4.99. The molecule has 0 saturated carbocycles. The van der Waals surface area contributed by atoms with Crippen molar-refractivity contribution < 1.29 is 58.9 Å². The normalized spacial score (nSPS) is 12.4. The first-order chi connectivity index (χ1) is 10.4. The topological polar surface area (TPSA) is 116 Å². The van der Waals surface area contributed by atoms with E-state index >= 15 is 0 Å². The molecule has 0 spiro atoms. The minimum absolute atomic E-state index is 0. The van der Waals surface area contributed by atoms with Crippen molar-refractivity contribution in [2.45, 2.75) is 38.5 Å². The summed E-state index contributed by atoms with van der Waals surface area (Å²) in [5.74, 6) is -3.08. The molecular weight excluding hydrogens is 313 g/mol. The van der Waals surface area contributed by atoms with Crippen LogP contribution >= 0.6 is 0 Å². The summed E-state index contributed by atoms with van der Waals surface area (Å²) in [7, 11) is 0. The van der Waals surface area contributed by atoms with Gasteiger partial charge in [-0.1, -0.05) is 37.3 Å². The van der Waals surface area contributed by atoms with Gasteiger partial charge in [0.15, 0.2) is 5.78 Å². The van der Waals surface area contributed by atoms with Gasteiger partial charge in [-0.15, -0.1) is 0 Å². The Balaban J connectivity index is 0.00000484. The zero-order valence-electron chi connectivity index (χ0n) is 13.2. The van der Waals surface area contributed by atoms with Gasteiger partial charge in [-0.2, -0.15) is 0 Å². The quantitative estimate of drug-likeness (QED) is 0.382. The molecule has 1 rings (SSSR count). The number of ether oxygens (including phenoxy) is 1. The molecule has 0 aromatic heterocycles. The molecule has 0 bridgehead atoms. The molecule has 23 heavy (non-hydrogen) atoms. The predicted octanol–water partition coefficient (Wildman–Crippen LogP) is -3.23. The molecule has 2 N–H and O–H groups in total. The first-order valence-electron chi connectivity index (χ1n) is 6.83. The largest absolute Gasteiger partial charge is 1.00 e. The minimum Gasteiger partial charge on any atom is -0.542 e. The Morgan fingerprint density at radius 1 is 1.26 bits per heavy atom. The Morgan fingerprint density at radius 3 is 2.39 bits per heavy atom. The number of Topliss-reactive ketones (excluding diaryl/α,β-unsaturated/α-hetero) is 1. The van der Waals surface area contributed by atoms with E-state index in [-0.39, 0.29) is 36.2 Å². The summed E-state index contributed by atoms with van der Waals surface area (Å²) in [6, 6.07) is 8.24. The van der Waals surface area contributed by atoms with E-state index in [4.69, 9.17) is 4.74 Å².